The zero-order valence-corrected chi connectivity index (χ0v) is 11.7. The second-order valence-electron chi connectivity index (χ2n) is 4.36. The van der Waals surface area contributed by atoms with Crippen molar-refractivity contribution in [3.8, 4) is 0 Å². The van der Waals surface area contributed by atoms with Crippen LogP contribution in [0.2, 0.25) is 5.02 Å². The molecule has 2 aromatic carbocycles. The van der Waals surface area contributed by atoms with Gasteiger partial charge < -0.3 is 10.6 Å². The summed E-state index contributed by atoms with van der Waals surface area (Å²) in [5.74, 6) is -0.353. The fraction of sp³-hybridized carbons (Fsp3) is 0.133. The number of urea groups is 1. The summed E-state index contributed by atoms with van der Waals surface area (Å²) >= 11 is 5.98. The highest BCUT2D eigenvalue weighted by Crippen LogP contribution is 2.15. The Hall–Kier alpha value is -2.07. The Labute approximate surface area is 121 Å². The number of aryl methyl sites for hydroxylation is 1. The van der Waals surface area contributed by atoms with E-state index < -0.39 is 6.03 Å². The van der Waals surface area contributed by atoms with Crippen molar-refractivity contribution >= 4 is 23.3 Å². The first kappa shape index (κ1) is 14.3. The zero-order chi connectivity index (χ0) is 14.5. The van der Waals surface area contributed by atoms with Crippen molar-refractivity contribution in [3.05, 3.63) is 64.4 Å². The van der Waals surface area contributed by atoms with Crippen molar-refractivity contribution in [1.29, 1.82) is 0 Å². The molecule has 0 aliphatic heterocycles. The maximum atomic E-state index is 13.3. The van der Waals surface area contributed by atoms with Gasteiger partial charge in [-0.3, -0.25) is 0 Å². The molecule has 0 radical (unpaired) electrons. The molecule has 2 aromatic rings. The molecule has 0 heterocycles. The third-order valence-electron chi connectivity index (χ3n) is 2.83. The number of halogens is 2. The third kappa shape index (κ3) is 3.71. The molecule has 2 N–H and O–H groups in total. The van der Waals surface area contributed by atoms with Gasteiger partial charge in [-0.1, -0.05) is 35.9 Å². The van der Waals surface area contributed by atoms with Gasteiger partial charge in [0.05, 0.1) is 0 Å². The molecule has 0 aromatic heterocycles. The first-order valence-corrected chi connectivity index (χ1v) is 6.48. The van der Waals surface area contributed by atoms with Crippen LogP contribution in [0.3, 0.4) is 0 Å². The lowest BCUT2D eigenvalue weighted by atomic mass is 10.2. The molecular formula is C15H14ClFN2O. The largest absolute Gasteiger partial charge is 0.334 e. The van der Waals surface area contributed by atoms with Gasteiger partial charge in [-0.15, -0.1) is 0 Å². The molecule has 0 aliphatic rings. The van der Waals surface area contributed by atoms with E-state index in [2.05, 4.69) is 10.6 Å². The summed E-state index contributed by atoms with van der Waals surface area (Å²) in [6.07, 6.45) is 0. The van der Waals surface area contributed by atoms with Crippen LogP contribution in [0.15, 0.2) is 42.5 Å². The quantitative estimate of drug-likeness (QED) is 0.878. The summed E-state index contributed by atoms with van der Waals surface area (Å²) in [5, 5.41) is 5.82. The summed E-state index contributed by atoms with van der Waals surface area (Å²) in [6.45, 7) is 1.97. The van der Waals surface area contributed by atoms with Crippen LogP contribution >= 0.6 is 11.6 Å². The highest BCUT2D eigenvalue weighted by molar-refractivity contribution is 6.31. The molecule has 0 unspecified atom stereocenters. The maximum Gasteiger partial charge on any atom is 0.319 e. The van der Waals surface area contributed by atoms with Crippen LogP contribution in [-0.2, 0) is 6.54 Å². The fourth-order valence-corrected chi connectivity index (χ4v) is 1.87. The summed E-state index contributed by atoms with van der Waals surface area (Å²) in [7, 11) is 0. The Morgan fingerprint density at radius 3 is 2.70 bits per heavy atom. The summed E-state index contributed by atoms with van der Waals surface area (Å²) < 4.78 is 13.3. The van der Waals surface area contributed by atoms with E-state index in [1.807, 2.05) is 18.2 Å². The molecule has 0 saturated heterocycles. The van der Waals surface area contributed by atoms with Crippen molar-refractivity contribution in [2.45, 2.75) is 13.5 Å². The van der Waals surface area contributed by atoms with Gasteiger partial charge in [0, 0.05) is 17.3 Å². The van der Waals surface area contributed by atoms with Crippen LogP contribution in [0.25, 0.3) is 0 Å². The second-order valence-corrected chi connectivity index (χ2v) is 4.77. The van der Waals surface area contributed by atoms with E-state index >= 15 is 0 Å². The highest BCUT2D eigenvalue weighted by Gasteiger charge is 2.05. The van der Waals surface area contributed by atoms with Gasteiger partial charge in [-0.05, 0) is 36.2 Å². The molecule has 0 atom stereocenters. The van der Waals surface area contributed by atoms with Gasteiger partial charge in [-0.2, -0.15) is 0 Å². The predicted molar refractivity (Wildman–Crippen MR) is 78.4 cm³/mol. The fourth-order valence-electron chi connectivity index (χ4n) is 1.66. The molecule has 0 fully saturated rings. The van der Waals surface area contributed by atoms with Crippen molar-refractivity contribution in [2.75, 3.05) is 5.32 Å². The average molecular weight is 293 g/mol. The minimum atomic E-state index is -0.409. The standard InChI is InChI=1S/C15H14ClFN2O/c1-10-6-7-12(8-14(10)17)19-15(20)18-9-11-4-2-3-5-13(11)16/h2-8H,9H2,1H3,(H2,18,19,20). The lowest BCUT2D eigenvalue weighted by molar-refractivity contribution is 0.251. The van der Waals surface area contributed by atoms with Crippen LogP contribution in [0.1, 0.15) is 11.1 Å². The molecule has 5 heteroatoms. The van der Waals surface area contributed by atoms with E-state index in [0.717, 1.165) is 5.56 Å². The van der Waals surface area contributed by atoms with Gasteiger partial charge in [0.1, 0.15) is 5.82 Å². The van der Waals surface area contributed by atoms with E-state index in [4.69, 9.17) is 11.6 Å². The molecule has 0 spiro atoms. The molecule has 0 bridgehead atoms. The predicted octanol–water partition coefficient (Wildman–Crippen LogP) is 4.11. The number of carbonyl (C=O) groups excluding carboxylic acids is 1. The van der Waals surface area contributed by atoms with E-state index in [-0.39, 0.29) is 5.82 Å². The highest BCUT2D eigenvalue weighted by atomic mass is 35.5. The molecular weight excluding hydrogens is 279 g/mol. The van der Waals surface area contributed by atoms with Crippen molar-refractivity contribution in [1.82, 2.24) is 5.32 Å². The summed E-state index contributed by atoms with van der Waals surface area (Å²) in [6, 6.07) is 11.4. The number of anilines is 1. The maximum absolute atomic E-state index is 13.3. The van der Waals surface area contributed by atoms with E-state index in [1.54, 1.807) is 25.1 Å². The molecule has 20 heavy (non-hydrogen) atoms. The first-order chi connectivity index (χ1) is 9.56. The average Bonchev–Trinajstić information content (AvgIpc) is 2.42. The Morgan fingerprint density at radius 2 is 2.00 bits per heavy atom. The Bertz CT molecular complexity index is 631. The molecule has 0 saturated carbocycles. The van der Waals surface area contributed by atoms with Crippen LogP contribution < -0.4 is 10.6 Å². The minimum absolute atomic E-state index is 0.305. The van der Waals surface area contributed by atoms with Crippen LogP contribution in [0, 0.1) is 12.7 Å². The number of benzene rings is 2. The van der Waals surface area contributed by atoms with Crippen LogP contribution in [-0.4, -0.2) is 6.03 Å². The molecule has 104 valence electrons. The van der Waals surface area contributed by atoms with Gasteiger partial charge >= 0.3 is 6.03 Å². The van der Waals surface area contributed by atoms with Crippen molar-refractivity contribution < 1.29 is 9.18 Å². The number of amides is 2. The summed E-state index contributed by atoms with van der Waals surface area (Å²) in [4.78, 5) is 11.7. The number of carbonyl (C=O) groups is 1. The first-order valence-electron chi connectivity index (χ1n) is 6.10. The van der Waals surface area contributed by atoms with Gasteiger partial charge in [0.15, 0.2) is 0 Å². The Balaban J connectivity index is 1.93. The number of hydrogen-bond acceptors (Lipinski definition) is 1. The zero-order valence-electron chi connectivity index (χ0n) is 10.9. The topological polar surface area (TPSA) is 41.1 Å². The van der Waals surface area contributed by atoms with Crippen LogP contribution in [0.5, 0.6) is 0 Å². The van der Waals surface area contributed by atoms with Gasteiger partial charge in [0.2, 0.25) is 0 Å². The van der Waals surface area contributed by atoms with Gasteiger partial charge in [0.25, 0.3) is 0 Å². The SMILES string of the molecule is Cc1ccc(NC(=O)NCc2ccccc2Cl)cc1F. The van der Waals surface area contributed by atoms with E-state index in [1.165, 1.54) is 6.07 Å². The lowest BCUT2D eigenvalue weighted by Gasteiger charge is -2.09. The van der Waals surface area contributed by atoms with Gasteiger partial charge in [-0.25, -0.2) is 9.18 Å². The lowest BCUT2D eigenvalue weighted by Crippen LogP contribution is -2.28. The molecule has 0 aliphatic carbocycles. The second kappa shape index (κ2) is 6.39. The molecule has 2 amide bonds. The normalized spacial score (nSPS) is 10.2. The minimum Gasteiger partial charge on any atom is -0.334 e. The number of hydrogen-bond donors (Lipinski definition) is 2. The van der Waals surface area contributed by atoms with E-state index in [9.17, 15) is 9.18 Å². The Morgan fingerprint density at radius 1 is 1.25 bits per heavy atom. The van der Waals surface area contributed by atoms with Crippen LogP contribution in [0.4, 0.5) is 14.9 Å². The third-order valence-corrected chi connectivity index (χ3v) is 3.20. The number of nitrogens with one attached hydrogen (secondary N) is 2. The van der Waals surface area contributed by atoms with Crippen molar-refractivity contribution in [2.24, 2.45) is 0 Å². The van der Waals surface area contributed by atoms with E-state index in [0.29, 0.717) is 22.8 Å². The monoisotopic (exact) mass is 292 g/mol. The molecule has 2 rings (SSSR count). The molecule has 3 nitrogen and oxygen atoms in total. The smallest absolute Gasteiger partial charge is 0.319 e. The van der Waals surface area contributed by atoms with Crippen molar-refractivity contribution in [3.63, 3.8) is 0 Å². The summed E-state index contributed by atoms with van der Waals surface area (Å²) in [5.41, 5.74) is 1.76. The number of rotatable bonds is 3. The Kier molecular flexibility index (Phi) is 4.58.